The molecule has 2 aliphatic rings. The van der Waals surface area contributed by atoms with Crippen LogP contribution in [-0.4, -0.2) is 50.4 Å². The van der Waals surface area contributed by atoms with Crippen molar-refractivity contribution >= 4 is 39.8 Å². The number of sulfone groups is 1. The Hall–Kier alpha value is -0.820. The van der Waals surface area contributed by atoms with E-state index in [-0.39, 0.29) is 41.8 Å². The van der Waals surface area contributed by atoms with Gasteiger partial charge in [0.25, 0.3) is 0 Å². The highest BCUT2D eigenvalue weighted by molar-refractivity contribution is 7.91. The zero-order chi connectivity index (χ0) is 16.4. The maximum absolute atomic E-state index is 12.7. The molecule has 134 valence electrons. The zero-order valence-electron chi connectivity index (χ0n) is 13.3. The molecule has 24 heavy (non-hydrogen) atoms. The number of hydrogen-bond donors (Lipinski definition) is 1. The molecule has 5 nitrogen and oxygen atoms in total. The standard InChI is InChI=1S/C16H21ClN2O3S.ClH/c17-14-3-1-2-13(9-14)15-10-18-5-6-19(15)16(20)8-12-4-7-23(21,22)11-12;/h1-3,9,12,15,18H,4-8,10-11H2;1H. The lowest BCUT2D eigenvalue weighted by atomic mass is 10.00. The van der Waals surface area contributed by atoms with Crippen LogP contribution < -0.4 is 5.32 Å². The first-order valence-corrected chi connectivity index (χ1v) is 10.1. The number of carbonyl (C=O) groups excluding carboxylic acids is 1. The summed E-state index contributed by atoms with van der Waals surface area (Å²) in [5, 5.41) is 3.97. The van der Waals surface area contributed by atoms with Gasteiger partial charge in [0.15, 0.2) is 9.84 Å². The second-order valence-corrected chi connectivity index (χ2v) is 9.00. The van der Waals surface area contributed by atoms with Crippen molar-refractivity contribution in [3.63, 3.8) is 0 Å². The topological polar surface area (TPSA) is 66.5 Å². The van der Waals surface area contributed by atoms with E-state index >= 15 is 0 Å². The van der Waals surface area contributed by atoms with Crippen LogP contribution in [0.25, 0.3) is 0 Å². The minimum absolute atomic E-state index is 0. The number of benzene rings is 1. The molecular formula is C16H22Cl2N2O3S. The van der Waals surface area contributed by atoms with Crippen LogP contribution in [0.4, 0.5) is 0 Å². The summed E-state index contributed by atoms with van der Waals surface area (Å²) in [5.41, 5.74) is 1.01. The van der Waals surface area contributed by atoms with E-state index in [1.54, 1.807) is 0 Å². The van der Waals surface area contributed by atoms with Crippen LogP contribution in [0.3, 0.4) is 0 Å². The summed E-state index contributed by atoms with van der Waals surface area (Å²) in [6.07, 6.45) is 0.915. The smallest absolute Gasteiger partial charge is 0.223 e. The molecule has 2 unspecified atom stereocenters. The highest BCUT2D eigenvalue weighted by Crippen LogP contribution is 2.28. The minimum Gasteiger partial charge on any atom is -0.333 e. The van der Waals surface area contributed by atoms with Crippen molar-refractivity contribution in [1.29, 1.82) is 0 Å². The number of hydrogen-bond acceptors (Lipinski definition) is 4. The number of nitrogens with zero attached hydrogens (tertiary/aromatic N) is 1. The molecule has 1 aromatic rings. The maximum atomic E-state index is 12.7. The Labute approximate surface area is 154 Å². The Balaban J connectivity index is 0.00000208. The fourth-order valence-corrected chi connectivity index (χ4v) is 5.47. The molecule has 1 N–H and O–H groups in total. The van der Waals surface area contributed by atoms with Crippen LogP contribution in [0, 0.1) is 5.92 Å². The summed E-state index contributed by atoms with van der Waals surface area (Å²) < 4.78 is 23.1. The fraction of sp³-hybridized carbons (Fsp3) is 0.562. The minimum atomic E-state index is -2.94. The van der Waals surface area contributed by atoms with Crippen molar-refractivity contribution in [3.8, 4) is 0 Å². The number of carbonyl (C=O) groups is 1. The SMILES string of the molecule is Cl.O=C(CC1CCS(=O)(=O)C1)N1CCNCC1c1cccc(Cl)c1. The van der Waals surface area contributed by atoms with Crippen LogP contribution in [0.5, 0.6) is 0 Å². The van der Waals surface area contributed by atoms with Gasteiger partial charge in [-0.15, -0.1) is 12.4 Å². The van der Waals surface area contributed by atoms with E-state index in [0.29, 0.717) is 31.0 Å². The molecule has 2 saturated heterocycles. The number of piperazine rings is 1. The van der Waals surface area contributed by atoms with Gasteiger partial charge in [-0.1, -0.05) is 23.7 Å². The lowest BCUT2D eigenvalue weighted by molar-refractivity contribution is -0.135. The Bertz CT molecular complexity index is 696. The van der Waals surface area contributed by atoms with E-state index in [4.69, 9.17) is 11.6 Å². The summed E-state index contributed by atoms with van der Waals surface area (Å²) in [4.78, 5) is 14.6. The molecule has 0 bridgehead atoms. The van der Waals surface area contributed by atoms with Gasteiger partial charge in [0, 0.05) is 31.1 Å². The Morgan fingerprint density at radius 1 is 1.38 bits per heavy atom. The molecule has 0 saturated carbocycles. The monoisotopic (exact) mass is 392 g/mol. The second kappa shape index (κ2) is 8.04. The van der Waals surface area contributed by atoms with Gasteiger partial charge >= 0.3 is 0 Å². The van der Waals surface area contributed by atoms with Crippen molar-refractivity contribution in [2.45, 2.75) is 18.9 Å². The van der Waals surface area contributed by atoms with Gasteiger partial charge in [0.05, 0.1) is 17.5 Å². The zero-order valence-corrected chi connectivity index (χ0v) is 15.7. The maximum Gasteiger partial charge on any atom is 0.223 e. The van der Waals surface area contributed by atoms with Crippen LogP contribution >= 0.6 is 24.0 Å². The normalized spacial score (nSPS) is 26.0. The molecule has 0 aromatic heterocycles. The van der Waals surface area contributed by atoms with Gasteiger partial charge < -0.3 is 10.2 Å². The molecule has 2 heterocycles. The number of rotatable bonds is 3. The van der Waals surface area contributed by atoms with Crippen molar-refractivity contribution in [2.24, 2.45) is 5.92 Å². The van der Waals surface area contributed by atoms with Crippen LogP contribution in [0.1, 0.15) is 24.4 Å². The Kier molecular flexibility index (Phi) is 6.53. The molecule has 1 amide bonds. The van der Waals surface area contributed by atoms with E-state index in [2.05, 4.69) is 5.32 Å². The largest absolute Gasteiger partial charge is 0.333 e. The predicted molar refractivity (Wildman–Crippen MR) is 97.4 cm³/mol. The first kappa shape index (κ1) is 19.5. The van der Waals surface area contributed by atoms with Crippen molar-refractivity contribution < 1.29 is 13.2 Å². The predicted octanol–water partition coefficient (Wildman–Crippen LogP) is 2.06. The lowest BCUT2D eigenvalue weighted by Gasteiger charge is -2.37. The second-order valence-electron chi connectivity index (χ2n) is 6.34. The molecule has 0 radical (unpaired) electrons. The summed E-state index contributed by atoms with van der Waals surface area (Å²) >= 11 is 6.07. The first-order chi connectivity index (χ1) is 10.9. The summed E-state index contributed by atoms with van der Waals surface area (Å²) in [6, 6.07) is 7.52. The molecule has 8 heteroatoms. The van der Waals surface area contributed by atoms with Crippen molar-refractivity contribution in [1.82, 2.24) is 10.2 Å². The third-order valence-electron chi connectivity index (χ3n) is 4.59. The molecule has 2 aliphatic heterocycles. The lowest BCUT2D eigenvalue weighted by Crippen LogP contribution is -2.49. The van der Waals surface area contributed by atoms with Crippen molar-refractivity contribution in [3.05, 3.63) is 34.9 Å². The molecule has 1 aromatic carbocycles. The number of nitrogens with one attached hydrogen (secondary N) is 1. The fourth-order valence-electron chi connectivity index (χ4n) is 3.41. The van der Waals surface area contributed by atoms with E-state index in [1.807, 2.05) is 29.2 Å². The van der Waals surface area contributed by atoms with Gasteiger partial charge in [-0.3, -0.25) is 4.79 Å². The molecule has 2 fully saturated rings. The van der Waals surface area contributed by atoms with Gasteiger partial charge in [-0.2, -0.15) is 0 Å². The molecule has 0 spiro atoms. The van der Waals surface area contributed by atoms with E-state index in [0.717, 1.165) is 12.1 Å². The highest BCUT2D eigenvalue weighted by atomic mass is 35.5. The average Bonchev–Trinajstić information content (AvgIpc) is 2.86. The third-order valence-corrected chi connectivity index (χ3v) is 6.66. The van der Waals surface area contributed by atoms with E-state index < -0.39 is 9.84 Å². The number of halogens is 2. The Morgan fingerprint density at radius 3 is 2.83 bits per heavy atom. The van der Waals surface area contributed by atoms with E-state index in [1.165, 1.54) is 0 Å². The van der Waals surface area contributed by atoms with Gasteiger partial charge in [0.1, 0.15) is 0 Å². The van der Waals surface area contributed by atoms with Gasteiger partial charge in [0.2, 0.25) is 5.91 Å². The molecular weight excluding hydrogens is 371 g/mol. The highest BCUT2D eigenvalue weighted by Gasteiger charge is 2.33. The van der Waals surface area contributed by atoms with Crippen LogP contribution in [0.15, 0.2) is 24.3 Å². The summed E-state index contributed by atoms with van der Waals surface area (Å²) in [7, 11) is -2.94. The quantitative estimate of drug-likeness (QED) is 0.854. The summed E-state index contributed by atoms with van der Waals surface area (Å²) in [5.74, 6) is 0.359. The molecule has 3 rings (SSSR count). The average molecular weight is 393 g/mol. The van der Waals surface area contributed by atoms with Gasteiger partial charge in [-0.25, -0.2) is 8.42 Å². The van der Waals surface area contributed by atoms with Crippen LogP contribution in [0.2, 0.25) is 5.02 Å². The first-order valence-electron chi connectivity index (χ1n) is 7.91. The summed E-state index contributed by atoms with van der Waals surface area (Å²) in [6.45, 7) is 2.08. The Morgan fingerprint density at radius 2 is 2.17 bits per heavy atom. The van der Waals surface area contributed by atoms with Crippen molar-refractivity contribution in [2.75, 3.05) is 31.1 Å². The molecule has 2 atom stereocenters. The van der Waals surface area contributed by atoms with Gasteiger partial charge in [-0.05, 0) is 30.0 Å². The third kappa shape index (κ3) is 4.63. The van der Waals surface area contributed by atoms with Crippen LogP contribution in [-0.2, 0) is 14.6 Å². The molecule has 0 aliphatic carbocycles. The number of amides is 1. The van der Waals surface area contributed by atoms with E-state index in [9.17, 15) is 13.2 Å².